The third-order valence-corrected chi connectivity index (χ3v) is 3.54. The molecule has 0 aliphatic rings. The maximum Gasteiger partial charge on any atom is 0.331 e. The number of benzene rings is 2. The number of hydrogen-bond donors (Lipinski definition) is 0. The summed E-state index contributed by atoms with van der Waals surface area (Å²) in [6, 6.07) is 12.6. The second-order valence-electron chi connectivity index (χ2n) is 5.34. The number of Topliss-reactive ketones (excluding diaryl/α,β-unsaturated/α-hetero) is 1. The van der Waals surface area contributed by atoms with Gasteiger partial charge < -0.3 is 14.2 Å². The average Bonchev–Trinajstić information content (AvgIpc) is 2.65. The zero-order valence-electron chi connectivity index (χ0n) is 14.4. The fourth-order valence-electron chi connectivity index (χ4n) is 2.14. The minimum Gasteiger partial charge on any atom is -0.497 e. The second kappa shape index (κ2) is 8.68. The number of hydrogen-bond acceptors (Lipinski definition) is 5. The van der Waals surface area contributed by atoms with E-state index in [9.17, 15) is 9.59 Å². The highest BCUT2D eigenvalue weighted by Gasteiger charge is 2.15. The van der Waals surface area contributed by atoms with E-state index in [-0.39, 0.29) is 12.4 Å². The van der Waals surface area contributed by atoms with Crippen LogP contribution in [0.3, 0.4) is 0 Å². The van der Waals surface area contributed by atoms with Gasteiger partial charge in [-0.05, 0) is 36.8 Å². The number of rotatable bonds is 7. The smallest absolute Gasteiger partial charge is 0.331 e. The van der Waals surface area contributed by atoms with Crippen LogP contribution in [0.5, 0.6) is 11.5 Å². The van der Waals surface area contributed by atoms with Gasteiger partial charge in [-0.25, -0.2) is 4.79 Å². The lowest BCUT2D eigenvalue weighted by atomic mass is 10.1. The molecular weight excluding hydrogens is 320 g/mol. The SMILES string of the molecule is COc1ccc(OC)c(C(=O)COC(=O)/C=C/c2ccc(C)cc2)c1. The molecule has 2 rings (SSSR count). The van der Waals surface area contributed by atoms with Crippen molar-refractivity contribution in [3.63, 3.8) is 0 Å². The van der Waals surface area contributed by atoms with Crippen molar-refractivity contribution in [2.75, 3.05) is 20.8 Å². The molecule has 0 N–H and O–H groups in total. The molecule has 0 aliphatic carbocycles. The van der Waals surface area contributed by atoms with E-state index in [1.807, 2.05) is 31.2 Å². The lowest BCUT2D eigenvalue weighted by Crippen LogP contribution is -2.13. The lowest BCUT2D eigenvalue weighted by molar-refractivity contribution is -0.136. The highest BCUT2D eigenvalue weighted by molar-refractivity contribution is 6.01. The summed E-state index contributed by atoms with van der Waals surface area (Å²) in [5.41, 5.74) is 2.32. The van der Waals surface area contributed by atoms with Crippen molar-refractivity contribution in [3.05, 3.63) is 65.2 Å². The first-order chi connectivity index (χ1) is 12.0. The minimum atomic E-state index is -0.587. The molecule has 2 aromatic carbocycles. The van der Waals surface area contributed by atoms with Crippen molar-refractivity contribution in [3.8, 4) is 11.5 Å². The van der Waals surface area contributed by atoms with Crippen LogP contribution in [0.15, 0.2) is 48.5 Å². The van der Waals surface area contributed by atoms with Crippen LogP contribution < -0.4 is 9.47 Å². The summed E-state index contributed by atoms with van der Waals surface area (Å²) in [7, 11) is 2.97. The molecule has 25 heavy (non-hydrogen) atoms. The standard InChI is InChI=1S/C20H20O5/c1-14-4-6-15(7-5-14)8-11-20(22)25-13-18(21)17-12-16(23-2)9-10-19(17)24-3/h4-12H,13H2,1-3H3/b11-8+. The Kier molecular flexibility index (Phi) is 6.34. The molecule has 0 aliphatic heterocycles. The maximum atomic E-state index is 12.3. The molecule has 5 heteroatoms. The number of ether oxygens (including phenoxy) is 3. The van der Waals surface area contributed by atoms with Gasteiger partial charge in [-0.3, -0.25) is 4.79 Å². The second-order valence-corrected chi connectivity index (χ2v) is 5.34. The zero-order chi connectivity index (χ0) is 18.2. The van der Waals surface area contributed by atoms with Crippen molar-refractivity contribution in [2.24, 2.45) is 0 Å². The van der Waals surface area contributed by atoms with Gasteiger partial charge >= 0.3 is 5.97 Å². The lowest BCUT2D eigenvalue weighted by Gasteiger charge is -2.09. The van der Waals surface area contributed by atoms with Crippen LogP contribution in [-0.2, 0) is 9.53 Å². The number of aryl methyl sites for hydroxylation is 1. The molecule has 0 saturated heterocycles. The van der Waals surface area contributed by atoms with Crippen LogP contribution in [0.25, 0.3) is 6.08 Å². The number of methoxy groups -OCH3 is 2. The van der Waals surface area contributed by atoms with E-state index in [1.54, 1.807) is 24.3 Å². The van der Waals surface area contributed by atoms with E-state index in [1.165, 1.54) is 20.3 Å². The molecule has 0 fully saturated rings. The molecule has 0 saturated carbocycles. The van der Waals surface area contributed by atoms with Crippen LogP contribution in [-0.4, -0.2) is 32.6 Å². The molecule has 0 radical (unpaired) electrons. The molecule has 0 aromatic heterocycles. The van der Waals surface area contributed by atoms with E-state index in [0.717, 1.165) is 11.1 Å². The predicted molar refractivity (Wildman–Crippen MR) is 95.0 cm³/mol. The van der Waals surface area contributed by atoms with E-state index in [4.69, 9.17) is 14.2 Å². The van der Waals surface area contributed by atoms with Crippen molar-refractivity contribution < 1.29 is 23.8 Å². The monoisotopic (exact) mass is 340 g/mol. The summed E-state index contributed by atoms with van der Waals surface area (Å²) in [6.07, 6.45) is 2.93. The van der Waals surface area contributed by atoms with Crippen molar-refractivity contribution in [1.29, 1.82) is 0 Å². The molecule has 0 bridgehead atoms. The molecule has 0 atom stereocenters. The van der Waals surface area contributed by atoms with Gasteiger partial charge in [-0.15, -0.1) is 0 Å². The molecule has 0 heterocycles. The van der Waals surface area contributed by atoms with Gasteiger partial charge in [-0.1, -0.05) is 29.8 Å². The Balaban J connectivity index is 1.97. The third kappa shape index (κ3) is 5.21. The number of esters is 1. The van der Waals surface area contributed by atoms with Gasteiger partial charge in [0.15, 0.2) is 6.61 Å². The summed E-state index contributed by atoms with van der Waals surface area (Å²) < 4.78 is 15.3. The van der Waals surface area contributed by atoms with Gasteiger partial charge in [-0.2, -0.15) is 0 Å². The summed E-state index contributed by atoms with van der Waals surface area (Å²) in [5, 5.41) is 0. The van der Waals surface area contributed by atoms with Crippen molar-refractivity contribution in [2.45, 2.75) is 6.92 Å². The van der Waals surface area contributed by atoms with Crippen LogP contribution in [0, 0.1) is 6.92 Å². The number of carbonyl (C=O) groups is 2. The van der Waals surface area contributed by atoms with Crippen LogP contribution >= 0.6 is 0 Å². The van der Waals surface area contributed by atoms with E-state index >= 15 is 0 Å². The van der Waals surface area contributed by atoms with E-state index in [2.05, 4.69) is 0 Å². The van der Waals surface area contributed by atoms with Crippen LogP contribution in [0.1, 0.15) is 21.5 Å². The Hall–Kier alpha value is -3.08. The Bertz CT molecular complexity index is 775. The molecular formula is C20H20O5. The van der Waals surface area contributed by atoms with Crippen LogP contribution in [0.2, 0.25) is 0 Å². The molecule has 5 nitrogen and oxygen atoms in total. The summed E-state index contributed by atoms with van der Waals surface area (Å²) >= 11 is 0. The third-order valence-electron chi connectivity index (χ3n) is 3.54. The molecule has 130 valence electrons. The van der Waals surface area contributed by atoms with Crippen molar-refractivity contribution in [1.82, 2.24) is 0 Å². The first-order valence-electron chi connectivity index (χ1n) is 7.70. The minimum absolute atomic E-state index is 0.303. The summed E-state index contributed by atoms with van der Waals surface area (Å²) in [4.78, 5) is 24.1. The Morgan fingerprint density at radius 3 is 2.36 bits per heavy atom. The summed E-state index contributed by atoms with van der Waals surface area (Å²) in [6.45, 7) is 1.61. The number of ketones is 1. The zero-order valence-corrected chi connectivity index (χ0v) is 14.4. The largest absolute Gasteiger partial charge is 0.497 e. The molecule has 0 spiro atoms. The topological polar surface area (TPSA) is 61.8 Å². The highest BCUT2D eigenvalue weighted by atomic mass is 16.5. The van der Waals surface area contributed by atoms with Gasteiger partial charge in [0, 0.05) is 6.08 Å². The fraction of sp³-hybridized carbons (Fsp3) is 0.200. The Morgan fingerprint density at radius 2 is 1.72 bits per heavy atom. The normalized spacial score (nSPS) is 10.5. The summed E-state index contributed by atoms with van der Waals surface area (Å²) in [5.74, 6) is -0.0320. The quantitative estimate of drug-likeness (QED) is 0.439. The van der Waals surface area contributed by atoms with Gasteiger partial charge in [0.1, 0.15) is 11.5 Å². The van der Waals surface area contributed by atoms with Gasteiger partial charge in [0.25, 0.3) is 0 Å². The maximum absolute atomic E-state index is 12.3. The predicted octanol–water partition coefficient (Wildman–Crippen LogP) is 3.45. The van der Waals surface area contributed by atoms with E-state index < -0.39 is 5.97 Å². The van der Waals surface area contributed by atoms with Gasteiger partial charge in [0.05, 0.1) is 19.8 Å². The molecule has 0 unspecified atom stereocenters. The average molecular weight is 340 g/mol. The van der Waals surface area contributed by atoms with Crippen molar-refractivity contribution >= 4 is 17.8 Å². The first-order valence-corrected chi connectivity index (χ1v) is 7.70. The Labute approximate surface area is 146 Å². The molecule has 0 amide bonds. The van der Waals surface area contributed by atoms with Gasteiger partial charge in [0.2, 0.25) is 5.78 Å². The fourth-order valence-corrected chi connectivity index (χ4v) is 2.14. The van der Waals surface area contributed by atoms with E-state index in [0.29, 0.717) is 17.1 Å². The number of carbonyl (C=O) groups excluding carboxylic acids is 2. The molecule has 2 aromatic rings. The first kappa shape index (κ1) is 18.3. The highest BCUT2D eigenvalue weighted by Crippen LogP contribution is 2.24. The Morgan fingerprint density at radius 1 is 1.00 bits per heavy atom. The van der Waals surface area contributed by atoms with Crippen LogP contribution in [0.4, 0.5) is 0 Å².